The maximum absolute atomic E-state index is 14.3. The van der Waals surface area contributed by atoms with E-state index in [0.29, 0.717) is 78.7 Å². The van der Waals surface area contributed by atoms with Crippen LogP contribution < -0.4 is 25.4 Å². The zero-order valence-electron chi connectivity index (χ0n) is 36.6. The second kappa shape index (κ2) is 14.6. The van der Waals surface area contributed by atoms with Crippen LogP contribution in [0.5, 0.6) is 11.5 Å². The van der Waals surface area contributed by atoms with Crippen LogP contribution in [0.15, 0.2) is 61.2 Å². The van der Waals surface area contributed by atoms with Gasteiger partial charge in [0.2, 0.25) is 11.8 Å². The first-order chi connectivity index (χ1) is 31.3. The Morgan fingerprint density at radius 2 is 1.28 bits per heavy atom. The van der Waals surface area contributed by atoms with Crippen molar-refractivity contribution in [2.75, 3.05) is 23.7 Å². The number of nitrogens with zero attached hydrogens (tertiary/aromatic N) is 7. The summed E-state index contributed by atoms with van der Waals surface area (Å²) >= 11 is 0. The molecule has 0 bridgehead atoms. The number of anilines is 2. The lowest BCUT2D eigenvalue weighted by atomic mass is 9.98. The molecule has 0 radical (unpaired) electrons. The lowest BCUT2D eigenvalue weighted by Crippen LogP contribution is -2.51. The Labute approximate surface area is 374 Å². The van der Waals surface area contributed by atoms with Gasteiger partial charge < -0.3 is 30.3 Å². The summed E-state index contributed by atoms with van der Waals surface area (Å²) in [5, 5.41) is 18.1. The normalized spacial score (nSPS) is 23.1. The molecule has 6 aliphatic rings. The lowest BCUT2D eigenvalue weighted by Gasteiger charge is -2.34. The van der Waals surface area contributed by atoms with Crippen LogP contribution in [-0.2, 0) is 35.3 Å². The van der Waals surface area contributed by atoms with E-state index in [0.717, 1.165) is 89.3 Å². The van der Waals surface area contributed by atoms with Crippen LogP contribution in [0.2, 0.25) is 0 Å². The van der Waals surface area contributed by atoms with Crippen LogP contribution in [0.1, 0.15) is 125 Å². The monoisotopic (exact) mass is 874 g/mol. The van der Waals surface area contributed by atoms with Crippen molar-refractivity contribution in [3.63, 3.8) is 0 Å². The van der Waals surface area contributed by atoms with Gasteiger partial charge in [-0.1, -0.05) is 0 Å². The SMILES string of the molecule is CC1(C)Cc2cc(NC(=O)c3cnn4ccc(C[C@@H]5CCN(C6(C)Cc7cc(NC(=O)c8cnn9ccc(C[C@H]%10CCNC%10=O)nc89)c(C8CC8)cc7O6)C5=O)nc34)c(C3CC3)cc2O1. The van der Waals surface area contributed by atoms with Gasteiger partial charge in [0, 0.05) is 96.9 Å². The van der Waals surface area contributed by atoms with Crippen LogP contribution in [0.25, 0.3) is 11.3 Å². The highest BCUT2D eigenvalue weighted by Crippen LogP contribution is 2.50. The Morgan fingerprint density at radius 1 is 0.723 bits per heavy atom. The average Bonchev–Trinajstić information content (AvgIpc) is 4.01. The Morgan fingerprint density at radius 3 is 1.83 bits per heavy atom. The van der Waals surface area contributed by atoms with Crippen LogP contribution >= 0.6 is 0 Å². The first kappa shape index (κ1) is 39.7. The third-order valence-corrected chi connectivity index (χ3v) is 14.2. The van der Waals surface area contributed by atoms with Gasteiger partial charge in [0.05, 0.1) is 12.4 Å². The molecule has 4 fully saturated rings. The maximum atomic E-state index is 14.3. The van der Waals surface area contributed by atoms with E-state index in [9.17, 15) is 19.2 Å². The van der Waals surface area contributed by atoms with E-state index in [-0.39, 0.29) is 41.1 Å². The second-order valence-corrected chi connectivity index (χ2v) is 19.7. The number of nitrogens with one attached hydrogen (secondary N) is 3. The summed E-state index contributed by atoms with van der Waals surface area (Å²) in [5.41, 5.74) is 7.47. The molecule has 16 heteroatoms. The molecule has 4 amide bonds. The number of fused-ring (bicyclic) bond motifs is 4. The quantitative estimate of drug-likeness (QED) is 0.136. The highest BCUT2D eigenvalue weighted by Gasteiger charge is 2.48. The maximum Gasteiger partial charge on any atom is 0.261 e. The molecule has 2 aromatic carbocycles. The van der Waals surface area contributed by atoms with Gasteiger partial charge in [-0.25, -0.2) is 19.0 Å². The molecule has 6 aromatic rings. The van der Waals surface area contributed by atoms with E-state index in [4.69, 9.17) is 19.4 Å². The van der Waals surface area contributed by atoms with Gasteiger partial charge in [-0.05, 0) is 119 Å². The molecular formula is C49H50N10O6. The van der Waals surface area contributed by atoms with E-state index >= 15 is 0 Å². The highest BCUT2D eigenvalue weighted by atomic mass is 16.5. The Balaban J connectivity index is 0.738. The molecule has 1 unspecified atom stereocenters. The third-order valence-electron chi connectivity index (χ3n) is 14.2. The van der Waals surface area contributed by atoms with Crippen molar-refractivity contribution in [1.29, 1.82) is 0 Å². The van der Waals surface area contributed by atoms with Gasteiger partial charge in [0.15, 0.2) is 17.0 Å². The standard InChI is InChI=1S/C49H50N10O6/c1-48(2)22-30-18-38(34(26-4-5-26)20-40(30)64-48)55-45(61)37-25-52-59-15-11-33(54-43(37)59)17-29-9-13-57(47(29)63)49(3)23-31-19-39(35(27-6-7-27)21-41(31)65-49)56-46(62)36-24-51-58-14-10-32(53-42(36)58)16-28-8-12-50-44(28)60/h10-11,14-15,18-21,24-29H,4-9,12-13,16-17,22-23H2,1-3H3,(H,50,60)(H,55,61)(H,56,62)/t28-,29+,49?/m1/s1. The van der Waals surface area contributed by atoms with Crippen molar-refractivity contribution < 1.29 is 28.7 Å². The number of carbonyl (C=O) groups is 4. The molecule has 2 saturated carbocycles. The molecule has 0 spiro atoms. The van der Waals surface area contributed by atoms with E-state index < -0.39 is 5.72 Å². The van der Waals surface area contributed by atoms with Crippen molar-refractivity contribution in [2.24, 2.45) is 11.8 Å². The Bertz CT molecular complexity index is 3020. The molecule has 4 aromatic heterocycles. The fourth-order valence-corrected chi connectivity index (χ4v) is 10.5. The first-order valence-electron chi connectivity index (χ1n) is 22.9. The van der Waals surface area contributed by atoms with Gasteiger partial charge in [0.25, 0.3) is 11.8 Å². The summed E-state index contributed by atoms with van der Waals surface area (Å²) in [4.78, 5) is 65.9. The number of benzene rings is 2. The number of amides is 4. The van der Waals surface area contributed by atoms with Crippen molar-refractivity contribution in [3.8, 4) is 11.5 Å². The zero-order chi connectivity index (χ0) is 44.4. The minimum atomic E-state index is -0.913. The predicted molar refractivity (Wildman–Crippen MR) is 238 cm³/mol. The summed E-state index contributed by atoms with van der Waals surface area (Å²) < 4.78 is 16.1. The zero-order valence-corrected chi connectivity index (χ0v) is 36.6. The van der Waals surface area contributed by atoms with Gasteiger partial charge in [-0.3, -0.25) is 19.2 Å². The molecule has 2 saturated heterocycles. The van der Waals surface area contributed by atoms with Gasteiger partial charge >= 0.3 is 0 Å². The first-order valence-corrected chi connectivity index (χ1v) is 22.9. The fourth-order valence-electron chi connectivity index (χ4n) is 10.5. The topological polar surface area (TPSA) is 186 Å². The fraction of sp³-hybridized carbons (Fsp3) is 0.429. The third kappa shape index (κ3) is 7.13. The minimum Gasteiger partial charge on any atom is -0.487 e. The minimum absolute atomic E-state index is 0.00529. The van der Waals surface area contributed by atoms with Crippen molar-refractivity contribution in [2.45, 2.75) is 108 Å². The number of carbonyl (C=O) groups excluding carboxylic acids is 4. The second-order valence-electron chi connectivity index (χ2n) is 19.7. The van der Waals surface area contributed by atoms with E-state index in [1.54, 1.807) is 27.6 Å². The molecule has 332 valence electrons. The summed E-state index contributed by atoms with van der Waals surface area (Å²) in [6.45, 7) is 7.31. The number of ether oxygens (including phenoxy) is 2. The van der Waals surface area contributed by atoms with Gasteiger partial charge in [0.1, 0.15) is 28.2 Å². The van der Waals surface area contributed by atoms with Crippen LogP contribution in [0.3, 0.4) is 0 Å². The Hall–Kier alpha value is -6.84. The summed E-state index contributed by atoms with van der Waals surface area (Å²) in [7, 11) is 0. The number of rotatable bonds is 11. The number of aromatic nitrogens is 6. The largest absolute Gasteiger partial charge is 0.487 e. The molecular weight excluding hydrogens is 825 g/mol. The summed E-state index contributed by atoms with van der Waals surface area (Å²) in [6.07, 6.45) is 14.4. The van der Waals surface area contributed by atoms with Gasteiger partial charge in [-0.2, -0.15) is 10.2 Å². The van der Waals surface area contributed by atoms with Crippen LogP contribution in [0, 0.1) is 11.8 Å². The molecule has 12 rings (SSSR count). The predicted octanol–water partition coefficient (Wildman–Crippen LogP) is 6.17. The van der Waals surface area contributed by atoms with E-state index in [1.807, 2.05) is 36.1 Å². The van der Waals surface area contributed by atoms with Crippen molar-refractivity contribution >= 4 is 46.3 Å². The average molecular weight is 875 g/mol. The molecule has 8 heterocycles. The Kier molecular flexibility index (Phi) is 8.92. The van der Waals surface area contributed by atoms with Crippen molar-refractivity contribution in [3.05, 3.63) is 106 Å². The highest BCUT2D eigenvalue weighted by molar-refractivity contribution is 6.09. The summed E-state index contributed by atoms with van der Waals surface area (Å²) in [6, 6.07) is 11.9. The molecule has 16 nitrogen and oxygen atoms in total. The number of hydrogen-bond donors (Lipinski definition) is 3. The molecule has 3 N–H and O–H groups in total. The van der Waals surface area contributed by atoms with Crippen LogP contribution in [-0.4, -0.2) is 82.1 Å². The van der Waals surface area contributed by atoms with Crippen molar-refractivity contribution in [1.82, 2.24) is 39.4 Å². The van der Waals surface area contributed by atoms with E-state index in [1.165, 1.54) is 6.20 Å². The van der Waals surface area contributed by atoms with Gasteiger partial charge in [-0.15, -0.1) is 0 Å². The summed E-state index contributed by atoms with van der Waals surface area (Å²) in [5.74, 6) is 1.30. The number of hydrogen-bond acceptors (Lipinski definition) is 10. The molecule has 65 heavy (non-hydrogen) atoms. The smallest absolute Gasteiger partial charge is 0.261 e. The number of likely N-dealkylation sites (tertiary alicyclic amines) is 1. The lowest BCUT2D eigenvalue weighted by molar-refractivity contribution is -0.146. The van der Waals surface area contributed by atoms with Crippen LogP contribution in [0.4, 0.5) is 11.4 Å². The van der Waals surface area contributed by atoms with E-state index in [2.05, 4.69) is 52.1 Å². The molecule has 2 aliphatic carbocycles. The molecule has 4 aliphatic heterocycles. The molecule has 3 atom stereocenters.